The molecule has 14 heavy (non-hydrogen) atoms. The molecule has 0 aliphatic rings. The van der Waals surface area contributed by atoms with Crippen molar-refractivity contribution < 1.29 is 9.90 Å². The molecule has 0 amide bonds. The van der Waals surface area contributed by atoms with Gasteiger partial charge in [-0.2, -0.15) is 5.10 Å². The average molecular weight is 195 g/mol. The summed E-state index contributed by atoms with van der Waals surface area (Å²) in [7, 11) is 0. The van der Waals surface area contributed by atoms with Crippen LogP contribution in [-0.2, 0) is 4.79 Å². The van der Waals surface area contributed by atoms with E-state index >= 15 is 0 Å². The zero-order chi connectivity index (χ0) is 10.4. The molecule has 2 N–H and O–H groups in total. The fraction of sp³-hybridized carbons (Fsp3) is 0.444. The number of aromatic nitrogens is 2. The van der Waals surface area contributed by atoms with E-state index in [0.717, 1.165) is 5.69 Å². The van der Waals surface area contributed by atoms with E-state index in [1.165, 1.54) is 0 Å². The van der Waals surface area contributed by atoms with Crippen molar-refractivity contribution in [3.8, 4) is 0 Å². The minimum atomic E-state index is -0.776. The highest BCUT2D eigenvalue weighted by atomic mass is 16.4. The first kappa shape index (κ1) is 10.4. The highest BCUT2D eigenvalue weighted by Gasteiger charge is 1.97. The lowest BCUT2D eigenvalue weighted by Crippen LogP contribution is -2.06. The number of rotatable bonds is 5. The van der Waals surface area contributed by atoms with E-state index < -0.39 is 5.97 Å². The van der Waals surface area contributed by atoms with Crippen molar-refractivity contribution in [2.45, 2.75) is 19.8 Å². The second-order valence-corrected chi connectivity index (χ2v) is 2.98. The first-order valence-corrected chi connectivity index (χ1v) is 4.44. The Morgan fingerprint density at radius 1 is 1.50 bits per heavy atom. The van der Waals surface area contributed by atoms with Gasteiger partial charge in [-0.15, -0.1) is 5.10 Å². The molecule has 1 heterocycles. The van der Waals surface area contributed by atoms with Crippen molar-refractivity contribution in [2.75, 3.05) is 11.9 Å². The number of nitrogens with one attached hydrogen (secondary N) is 1. The van der Waals surface area contributed by atoms with E-state index in [-0.39, 0.29) is 6.42 Å². The van der Waals surface area contributed by atoms with Gasteiger partial charge in [-0.3, -0.25) is 4.79 Å². The Morgan fingerprint density at radius 3 is 2.86 bits per heavy atom. The van der Waals surface area contributed by atoms with Crippen molar-refractivity contribution in [1.82, 2.24) is 10.2 Å². The lowest BCUT2D eigenvalue weighted by molar-refractivity contribution is -0.137. The first-order valence-electron chi connectivity index (χ1n) is 4.44. The molecule has 0 radical (unpaired) electrons. The molecule has 5 nitrogen and oxygen atoms in total. The van der Waals surface area contributed by atoms with E-state index in [4.69, 9.17) is 5.11 Å². The number of hydrogen-bond donors (Lipinski definition) is 2. The van der Waals surface area contributed by atoms with Gasteiger partial charge < -0.3 is 10.4 Å². The zero-order valence-electron chi connectivity index (χ0n) is 8.03. The highest BCUT2D eigenvalue weighted by Crippen LogP contribution is 2.01. The molecule has 0 aromatic carbocycles. The third-order valence-corrected chi connectivity index (χ3v) is 1.67. The standard InChI is InChI=1S/C9H13N3O2/c1-7-4-5-8(12-11-7)10-6-2-3-9(13)14/h4-5H,2-3,6H2,1H3,(H,10,12)(H,13,14). The Balaban J connectivity index is 2.25. The number of hydrogen-bond acceptors (Lipinski definition) is 4. The van der Waals surface area contributed by atoms with Gasteiger partial charge in [-0.25, -0.2) is 0 Å². The summed E-state index contributed by atoms with van der Waals surface area (Å²) in [6.45, 7) is 2.46. The second-order valence-electron chi connectivity index (χ2n) is 2.98. The number of carboxylic acids is 1. The van der Waals surface area contributed by atoms with Crippen LogP contribution in [0.2, 0.25) is 0 Å². The Bertz CT molecular complexity index is 297. The van der Waals surface area contributed by atoms with Crippen LogP contribution >= 0.6 is 0 Å². The molecule has 76 valence electrons. The second kappa shape index (κ2) is 5.16. The summed E-state index contributed by atoms with van der Waals surface area (Å²) in [4.78, 5) is 10.2. The summed E-state index contributed by atoms with van der Waals surface area (Å²) >= 11 is 0. The summed E-state index contributed by atoms with van der Waals surface area (Å²) in [6, 6.07) is 3.68. The summed E-state index contributed by atoms with van der Waals surface area (Å²) in [5.74, 6) is -0.0946. The van der Waals surface area contributed by atoms with Gasteiger partial charge in [0.2, 0.25) is 0 Å². The monoisotopic (exact) mass is 195 g/mol. The molecular weight excluding hydrogens is 182 g/mol. The van der Waals surface area contributed by atoms with Gasteiger partial charge >= 0.3 is 5.97 Å². The van der Waals surface area contributed by atoms with Crippen LogP contribution in [0.25, 0.3) is 0 Å². The van der Waals surface area contributed by atoms with Crippen molar-refractivity contribution in [2.24, 2.45) is 0 Å². The van der Waals surface area contributed by atoms with Gasteiger partial charge in [-0.1, -0.05) is 0 Å². The molecule has 0 saturated heterocycles. The summed E-state index contributed by atoms with van der Waals surface area (Å²) in [5, 5.41) is 19.1. The Labute approximate surface area is 82.2 Å². The minimum absolute atomic E-state index is 0.173. The number of carboxylic acid groups (broad SMARTS) is 1. The van der Waals surface area contributed by atoms with Gasteiger partial charge in [0.1, 0.15) is 5.82 Å². The van der Waals surface area contributed by atoms with Crippen LogP contribution in [0.4, 0.5) is 5.82 Å². The third kappa shape index (κ3) is 3.84. The van der Waals surface area contributed by atoms with Crippen molar-refractivity contribution in [3.63, 3.8) is 0 Å². The maximum atomic E-state index is 10.2. The van der Waals surface area contributed by atoms with Gasteiger partial charge in [0.15, 0.2) is 0 Å². The van der Waals surface area contributed by atoms with E-state index in [0.29, 0.717) is 18.8 Å². The molecule has 0 fully saturated rings. The summed E-state index contributed by atoms with van der Waals surface area (Å²) in [6.07, 6.45) is 0.761. The number of aryl methyl sites for hydroxylation is 1. The van der Waals surface area contributed by atoms with Crippen LogP contribution in [-0.4, -0.2) is 27.8 Å². The number of anilines is 1. The molecule has 1 rings (SSSR count). The topological polar surface area (TPSA) is 75.1 Å². The van der Waals surface area contributed by atoms with Gasteiger partial charge in [0, 0.05) is 13.0 Å². The lowest BCUT2D eigenvalue weighted by atomic mass is 10.3. The smallest absolute Gasteiger partial charge is 0.303 e. The molecule has 0 aliphatic carbocycles. The van der Waals surface area contributed by atoms with Crippen LogP contribution in [0, 0.1) is 6.92 Å². The number of carbonyl (C=O) groups is 1. The van der Waals surface area contributed by atoms with E-state index in [9.17, 15) is 4.79 Å². The maximum Gasteiger partial charge on any atom is 0.303 e. The highest BCUT2D eigenvalue weighted by molar-refractivity contribution is 5.66. The van der Waals surface area contributed by atoms with Gasteiger partial charge in [0.05, 0.1) is 5.69 Å². The predicted molar refractivity (Wildman–Crippen MR) is 52.1 cm³/mol. The third-order valence-electron chi connectivity index (χ3n) is 1.67. The van der Waals surface area contributed by atoms with Crippen LogP contribution in [0.5, 0.6) is 0 Å². The zero-order valence-corrected chi connectivity index (χ0v) is 8.03. The predicted octanol–water partition coefficient (Wildman–Crippen LogP) is 1.06. The van der Waals surface area contributed by atoms with Crippen LogP contribution in [0.1, 0.15) is 18.5 Å². The van der Waals surface area contributed by atoms with Crippen LogP contribution in [0.3, 0.4) is 0 Å². The SMILES string of the molecule is Cc1ccc(NCCCC(=O)O)nn1. The summed E-state index contributed by atoms with van der Waals surface area (Å²) < 4.78 is 0. The minimum Gasteiger partial charge on any atom is -0.481 e. The number of nitrogens with zero attached hydrogens (tertiary/aromatic N) is 2. The Kier molecular flexibility index (Phi) is 3.84. The van der Waals surface area contributed by atoms with Crippen molar-refractivity contribution in [3.05, 3.63) is 17.8 Å². The fourth-order valence-electron chi connectivity index (χ4n) is 0.949. The molecule has 1 aromatic heterocycles. The lowest BCUT2D eigenvalue weighted by Gasteiger charge is -2.02. The van der Waals surface area contributed by atoms with E-state index in [2.05, 4.69) is 15.5 Å². The quantitative estimate of drug-likeness (QED) is 0.687. The molecular formula is C9H13N3O2. The normalized spacial score (nSPS) is 9.79. The molecule has 0 unspecified atom stereocenters. The average Bonchev–Trinajstić information content (AvgIpc) is 2.15. The maximum absolute atomic E-state index is 10.2. The molecule has 0 bridgehead atoms. The Hall–Kier alpha value is -1.65. The number of aliphatic carboxylic acids is 1. The molecule has 0 aliphatic heterocycles. The van der Waals surface area contributed by atoms with Crippen molar-refractivity contribution in [1.29, 1.82) is 0 Å². The van der Waals surface area contributed by atoms with Gasteiger partial charge in [-0.05, 0) is 25.5 Å². The van der Waals surface area contributed by atoms with E-state index in [1.807, 2.05) is 19.1 Å². The molecule has 1 aromatic rings. The van der Waals surface area contributed by atoms with Crippen LogP contribution < -0.4 is 5.32 Å². The molecule has 5 heteroatoms. The molecule has 0 spiro atoms. The Morgan fingerprint density at radius 2 is 2.29 bits per heavy atom. The first-order chi connectivity index (χ1) is 6.68. The fourth-order valence-corrected chi connectivity index (χ4v) is 0.949. The van der Waals surface area contributed by atoms with Crippen LogP contribution in [0.15, 0.2) is 12.1 Å². The largest absolute Gasteiger partial charge is 0.481 e. The van der Waals surface area contributed by atoms with Gasteiger partial charge in [0.25, 0.3) is 0 Å². The molecule has 0 saturated carbocycles. The van der Waals surface area contributed by atoms with Crippen molar-refractivity contribution >= 4 is 11.8 Å². The van der Waals surface area contributed by atoms with E-state index in [1.54, 1.807) is 0 Å². The molecule has 0 atom stereocenters. The summed E-state index contributed by atoms with van der Waals surface area (Å²) in [5.41, 5.74) is 0.862.